The fraction of sp³-hybridized carbons (Fsp3) is 0.235. The third-order valence-corrected chi connectivity index (χ3v) is 3.50. The molecule has 7 heteroatoms. The van der Waals surface area contributed by atoms with Crippen molar-refractivity contribution in [2.24, 2.45) is 5.73 Å². The summed E-state index contributed by atoms with van der Waals surface area (Å²) >= 11 is 0. The Morgan fingerprint density at radius 1 is 1.25 bits per heavy atom. The standard InChI is InChI=1S/C17H19FN4O2/c1-22(15-6-3-2-5-13(15)18)10-4-9-20-17(24)14-8-7-12(11-21-14)16(19)23/h2-3,5-8,11H,4,9-10H2,1H3,(H2,19,23)(H,20,24). The summed E-state index contributed by atoms with van der Waals surface area (Å²) in [5.74, 6) is -1.20. The van der Waals surface area contributed by atoms with E-state index in [-0.39, 0.29) is 23.0 Å². The van der Waals surface area contributed by atoms with Gasteiger partial charge in [-0.25, -0.2) is 4.39 Å². The Morgan fingerprint density at radius 2 is 2.00 bits per heavy atom. The Labute approximate surface area is 139 Å². The van der Waals surface area contributed by atoms with Gasteiger partial charge in [-0.05, 0) is 30.7 Å². The van der Waals surface area contributed by atoms with Crippen molar-refractivity contribution in [2.75, 3.05) is 25.0 Å². The largest absolute Gasteiger partial charge is 0.372 e. The van der Waals surface area contributed by atoms with Gasteiger partial charge in [-0.3, -0.25) is 14.6 Å². The average molecular weight is 330 g/mol. The molecule has 126 valence electrons. The molecule has 6 nitrogen and oxygen atoms in total. The maximum atomic E-state index is 13.6. The second kappa shape index (κ2) is 8.05. The van der Waals surface area contributed by atoms with Crippen LogP contribution in [-0.4, -0.2) is 36.9 Å². The number of hydrogen-bond acceptors (Lipinski definition) is 4. The number of rotatable bonds is 7. The highest BCUT2D eigenvalue weighted by atomic mass is 19.1. The van der Waals surface area contributed by atoms with Crippen molar-refractivity contribution >= 4 is 17.5 Å². The molecule has 0 spiro atoms. The maximum absolute atomic E-state index is 13.6. The van der Waals surface area contributed by atoms with Crippen molar-refractivity contribution in [1.29, 1.82) is 0 Å². The van der Waals surface area contributed by atoms with E-state index in [4.69, 9.17) is 5.73 Å². The number of aromatic nitrogens is 1. The van der Waals surface area contributed by atoms with Gasteiger partial charge in [0.2, 0.25) is 5.91 Å². The van der Waals surface area contributed by atoms with E-state index in [0.717, 1.165) is 0 Å². The molecule has 0 aliphatic heterocycles. The lowest BCUT2D eigenvalue weighted by atomic mass is 10.2. The molecular formula is C17H19FN4O2. The van der Waals surface area contributed by atoms with Crippen LogP contribution in [0.5, 0.6) is 0 Å². The van der Waals surface area contributed by atoms with Crippen molar-refractivity contribution in [1.82, 2.24) is 10.3 Å². The normalized spacial score (nSPS) is 10.2. The van der Waals surface area contributed by atoms with E-state index < -0.39 is 5.91 Å². The molecule has 3 N–H and O–H groups in total. The van der Waals surface area contributed by atoms with Gasteiger partial charge in [-0.15, -0.1) is 0 Å². The number of hydrogen-bond donors (Lipinski definition) is 2. The molecule has 2 rings (SSSR count). The SMILES string of the molecule is CN(CCCNC(=O)c1ccc(C(N)=O)cn1)c1ccccc1F. The van der Waals surface area contributed by atoms with Gasteiger partial charge < -0.3 is 16.0 Å². The quantitative estimate of drug-likeness (QED) is 0.754. The lowest BCUT2D eigenvalue weighted by Gasteiger charge is -2.19. The maximum Gasteiger partial charge on any atom is 0.269 e. The minimum absolute atomic E-state index is 0.211. The molecule has 0 saturated carbocycles. The fourth-order valence-electron chi connectivity index (χ4n) is 2.16. The zero-order valence-corrected chi connectivity index (χ0v) is 13.3. The number of benzene rings is 1. The average Bonchev–Trinajstić information content (AvgIpc) is 2.58. The molecular weight excluding hydrogens is 311 g/mol. The molecule has 0 bridgehead atoms. The predicted octanol–water partition coefficient (Wildman–Crippen LogP) is 1.58. The van der Waals surface area contributed by atoms with Crippen LogP contribution in [0.2, 0.25) is 0 Å². The first-order valence-corrected chi connectivity index (χ1v) is 7.49. The van der Waals surface area contributed by atoms with Gasteiger partial charge in [0.1, 0.15) is 11.5 Å². The number of amides is 2. The third-order valence-electron chi connectivity index (χ3n) is 3.50. The molecule has 1 heterocycles. The van der Waals surface area contributed by atoms with Crippen LogP contribution in [0.25, 0.3) is 0 Å². The number of para-hydroxylation sites is 1. The van der Waals surface area contributed by atoms with Crippen LogP contribution in [0.15, 0.2) is 42.6 Å². The molecule has 0 aliphatic carbocycles. The summed E-state index contributed by atoms with van der Waals surface area (Å²) in [6.07, 6.45) is 1.92. The van der Waals surface area contributed by atoms with Gasteiger partial charge in [0.25, 0.3) is 5.91 Å². The molecule has 0 unspecified atom stereocenters. The summed E-state index contributed by atoms with van der Waals surface area (Å²) in [5, 5.41) is 2.73. The van der Waals surface area contributed by atoms with Crippen LogP contribution < -0.4 is 16.0 Å². The molecule has 24 heavy (non-hydrogen) atoms. The van der Waals surface area contributed by atoms with Gasteiger partial charge in [-0.1, -0.05) is 12.1 Å². The molecule has 1 aromatic carbocycles. The topological polar surface area (TPSA) is 88.3 Å². The van der Waals surface area contributed by atoms with Crippen molar-refractivity contribution in [3.63, 3.8) is 0 Å². The first kappa shape index (κ1) is 17.4. The molecule has 0 aliphatic rings. The second-order valence-corrected chi connectivity index (χ2v) is 5.28. The fourth-order valence-corrected chi connectivity index (χ4v) is 2.16. The van der Waals surface area contributed by atoms with Crippen molar-refractivity contribution in [3.8, 4) is 0 Å². The molecule has 1 aromatic heterocycles. The van der Waals surface area contributed by atoms with Gasteiger partial charge in [0, 0.05) is 26.3 Å². The van der Waals surface area contributed by atoms with Crippen molar-refractivity contribution in [3.05, 3.63) is 59.7 Å². The first-order valence-electron chi connectivity index (χ1n) is 7.49. The third kappa shape index (κ3) is 4.52. The van der Waals surface area contributed by atoms with Crippen LogP contribution >= 0.6 is 0 Å². The smallest absolute Gasteiger partial charge is 0.269 e. The lowest BCUT2D eigenvalue weighted by Crippen LogP contribution is -2.29. The number of nitrogens with two attached hydrogens (primary N) is 1. The van der Waals surface area contributed by atoms with Crippen LogP contribution in [-0.2, 0) is 0 Å². The number of nitrogens with zero attached hydrogens (tertiary/aromatic N) is 2. The summed E-state index contributed by atoms with van der Waals surface area (Å²) < 4.78 is 13.6. The summed E-state index contributed by atoms with van der Waals surface area (Å²) in [6, 6.07) is 9.44. The molecule has 2 amide bonds. The monoisotopic (exact) mass is 330 g/mol. The second-order valence-electron chi connectivity index (χ2n) is 5.28. The van der Waals surface area contributed by atoms with Gasteiger partial charge in [0.05, 0.1) is 11.3 Å². The number of pyridine rings is 1. The van der Waals surface area contributed by atoms with Crippen LogP contribution in [0.1, 0.15) is 27.3 Å². The van der Waals surface area contributed by atoms with E-state index in [1.807, 2.05) is 0 Å². The van der Waals surface area contributed by atoms with Crippen LogP contribution in [0.4, 0.5) is 10.1 Å². The zero-order valence-electron chi connectivity index (χ0n) is 13.3. The van der Waals surface area contributed by atoms with Crippen molar-refractivity contribution < 1.29 is 14.0 Å². The lowest BCUT2D eigenvalue weighted by molar-refractivity contribution is 0.0945. The Morgan fingerprint density at radius 3 is 2.62 bits per heavy atom. The molecule has 0 radical (unpaired) electrons. The highest BCUT2D eigenvalue weighted by Gasteiger charge is 2.09. The predicted molar refractivity (Wildman–Crippen MR) is 89.4 cm³/mol. The van der Waals surface area contributed by atoms with E-state index in [0.29, 0.717) is 25.2 Å². The van der Waals surface area contributed by atoms with Crippen LogP contribution in [0.3, 0.4) is 0 Å². The zero-order chi connectivity index (χ0) is 17.5. The number of primary amides is 1. The Hall–Kier alpha value is -2.96. The van der Waals surface area contributed by atoms with Crippen molar-refractivity contribution in [2.45, 2.75) is 6.42 Å². The highest BCUT2D eigenvalue weighted by Crippen LogP contribution is 2.16. The Balaban J connectivity index is 1.78. The van der Waals surface area contributed by atoms with E-state index in [9.17, 15) is 14.0 Å². The van der Waals surface area contributed by atoms with E-state index in [1.54, 1.807) is 30.1 Å². The number of halogens is 1. The molecule has 0 atom stereocenters. The van der Waals surface area contributed by atoms with Gasteiger partial charge in [-0.2, -0.15) is 0 Å². The summed E-state index contributed by atoms with van der Waals surface area (Å²) in [5.41, 5.74) is 6.09. The summed E-state index contributed by atoms with van der Waals surface area (Å²) in [6.45, 7) is 1.02. The minimum Gasteiger partial charge on any atom is -0.372 e. The number of nitrogens with one attached hydrogen (secondary N) is 1. The molecule has 2 aromatic rings. The number of carbonyl (C=O) groups excluding carboxylic acids is 2. The summed E-state index contributed by atoms with van der Waals surface area (Å²) in [4.78, 5) is 28.6. The first-order chi connectivity index (χ1) is 11.5. The van der Waals surface area contributed by atoms with E-state index in [2.05, 4.69) is 10.3 Å². The highest BCUT2D eigenvalue weighted by molar-refractivity contribution is 5.95. The van der Waals surface area contributed by atoms with Gasteiger partial charge in [0.15, 0.2) is 0 Å². The Kier molecular flexibility index (Phi) is 5.83. The minimum atomic E-state index is -0.592. The molecule has 0 fully saturated rings. The van der Waals surface area contributed by atoms with E-state index in [1.165, 1.54) is 24.4 Å². The van der Waals surface area contributed by atoms with Crippen LogP contribution in [0, 0.1) is 5.82 Å². The summed E-state index contributed by atoms with van der Waals surface area (Å²) in [7, 11) is 1.80. The van der Waals surface area contributed by atoms with Gasteiger partial charge >= 0.3 is 0 Å². The Bertz CT molecular complexity index is 719. The van der Waals surface area contributed by atoms with E-state index >= 15 is 0 Å². The number of carbonyl (C=O) groups is 2. The number of anilines is 1. The molecule has 0 saturated heterocycles.